The van der Waals surface area contributed by atoms with Gasteiger partial charge in [-0.05, 0) is 13.0 Å². The van der Waals surface area contributed by atoms with Gasteiger partial charge in [-0.3, -0.25) is 9.78 Å². The highest BCUT2D eigenvalue weighted by Crippen LogP contribution is 2.33. The van der Waals surface area contributed by atoms with Crippen molar-refractivity contribution in [1.29, 1.82) is 0 Å². The molecule has 2 aliphatic heterocycles. The molecule has 0 atom stereocenters. The minimum Gasteiger partial charge on any atom is -0.370 e. The molecule has 0 saturated carbocycles. The van der Waals surface area contributed by atoms with E-state index in [2.05, 4.69) is 20.4 Å². The Morgan fingerprint density at radius 2 is 1.96 bits per heavy atom. The summed E-state index contributed by atoms with van der Waals surface area (Å²) < 4.78 is 16.5. The van der Waals surface area contributed by atoms with E-state index in [1.165, 1.54) is 0 Å². The zero-order valence-corrected chi connectivity index (χ0v) is 14.0. The van der Waals surface area contributed by atoms with Gasteiger partial charge < -0.3 is 24.2 Å². The van der Waals surface area contributed by atoms with Crippen molar-refractivity contribution >= 4 is 17.4 Å². The van der Waals surface area contributed by atoms with Crippen LogP contribution in [0.3, 0.4) is 0 Å². The van der Waals surface area contributed by atoms with Crippen LogP contribution in [-0.2, 0) is 9.47 Å². The average molecular weight is 344 g/mol. The molecule has 0 unspecified atom stereocenters. The number of hydrogen-bond donors (Lipinski definition) is 1. The number of aromatic nitrogens is 2. The zero-order valence-electron chi connectivity index (χ0n) is 14.0. The van der Waals surface area contributed by atoms with Crippen molar-refractivity contribution in [3.63, 3.8) is 0 Å². The number of hydrogen-bond acceptors (Lipinski definition) is 7. The summed E-state index contributed by atoms with van der Waals surface area (Å²) in [6, 6.07) is 3.50. The van der Waals surface area contributed by atoms with E-state index >= 15 is 0 Å². The fraction of sp³-hybridized carbons (Fsp3) is 0.471. The van der Waals surface area contributed by atoms with E-state index in [0.717, 1.165) is 31.6 Å². The molecule has 8 nitrogen and oxygen atoms in total. The largest absolute Gasteiger partial charge is 0.370 e. The standard InChI is InChI=1S/C17H20N4O4/c1-12-8-15(20-25-12)19-16(22)13-9-14(11-18-10-13)21-4-2-17(3-5-21)23-6-7-24-17/h8-11H,2-7H2,1H3,(H,19,20,22). The van der Waals surface area contributed by atoms with Crippen LogP contribution < -0.4 is 10.2 Å². The molecular weight excluding hydrogens is 324 g/mol. The minimum atomic E-state index is -0.413. The summed E-state index contributed by atoms with van der Waals surface area (Å²) in [6.45, 7) is 4.70. The molecule has 1 amide bonds. The second-order valence-electron chi connectivity index (χ2n) is 6.30. The molecule has 25 heavy (non-hydrogen) atoms. The number of pyridine rings is 1. The van der Waals surface area contributed by atoms with Crippen molar-refractivity contribution in [2.24, 2.45) is 0 Å². The number of carbonyl (C=O) groups excluding carboxylic acids is 1. The van der Waals surface area contributed by atoms with E-state index in [-0.39, 0.29) is 5.91 Å². The first kappa shape index (κ1) is 16.0. The Labute approximate surface area is 145 Å². The smallest absolute Gasteiger partial charge is 0.258 e. The molecule has 1 spiro atoms. The molecular formula is C17H20N4O4. The zero-order chi connectivity index (χ0) is 17.3. The molecule has 2 aliphatic rings. The van der Waals surface area contributed by atoms with Gasteiger partial charge in [0, 0.05) is 38.2 Å². The SMILES string of the molecule is Cc1cc(NC(=O)c2cncc(N3CCC4(CC3)OCCO4)c2)no1. The lowest BCUT2D eigenvalue weighted by Crippen LogP contribution is -2.45. The van der Waals surface area contributed by atoms with Crippen LogP contribution in [0.15, 0.2) is 29.0 Å². The molecule has 0 bridgehead atoms. The first-order valence-electron chi connectivity index (χ1n) is 8.36. The summed E-state index contributed by atoms with van der Waals surface area (Å²) in [7, 11) is 0. The van der Waals surface area contributed by atoms with E-state index in [0.29, 0.717) is 30.4 Å². The molecule has 4 heterocycles. The second-order valence-corrected chi connectivity index (χ2v) is 6.30. The molecule has 2 aromatic rings. The molecule has 1 N–H and O–H groups in total. The van der Waals surface area contributed by atoms with E-state index in [4.69, 9.17) is 14.0 Å². The van der Waals surface area contributed by atoms with Gasteiger partial charge in [0.05, 0.1) is 30.7 Å². The summed E-state index contributed by atoms with van der Waals surface area (Å²) in [5.41, 5.74) is 1.39. The van der Waals surface area contributed by atoms with Gasteiger partial charge in [-0.25, -0.2) is 0 Å². The van der Waals surface area contributed by atoms with Crippen molar-refractivity contribution in [3.05, 3.63) is 35.9 Å². The van der Waals surface area contributed by atoms with Gasteiger partial charge in [-0.15, -0.1) is 0 Å². The lowest BCUT2D eigenvalue weighted by molar-refractivity contribution is -0.169. The van der Waals surface area contributed by atoms with Gasteiger partial charge in [0.15, 0.2) is 11.6 Å². The number of amides is 1. The third-order valence-electron chi connectivity index (χ3n) is 4.56. The molecule has 2 fully saturated rings. The van der Waals surface area contributed by atoms with Crippen LogP contribution in [0.4, 0.5) is 11.5 Å². The van der Waals surface area contributed by atoms with Gasteiger partial charge in [0.2, 0.25) is 0 Å². The van der Waals surface area contributed by atoms with Gasteiger partial charge >= 0.3 is 0 Å². The number of carbonyl (C=O) groups is 1. The van der Waals surface area contributed by atoms with E-state index in [1.807, 2.05) is 6.07 Å². The normalized spacial score (nSPS) is 19.3. The highest BCUT2D eigenvalue weighted by molar-refractivity contribution is 6.04. The van der Waals surface area contributed by atoms with Crippen LogP contribution >= 0.6 is 0 Å². The predicted octanol–water partition coefficient (Wildman–Crippen LogP) is 1.97. The quantitative estimate of drug-likeness (QED) is 0.910. The van der Waals surface area contributed by atoms with Crippen LogP contribution in [0, 0.1) is 6.92 Å². The van der Waals surface area contributed by atoms with Crippen molar-refractivity contribution < 1.29 is 18.8 Å². The molecule has 8 heteroatoms. The number of anilines is 2. The van der Waals surface area contributed by atoms with Crippen molar-refractivity contribution in [1.82, 2.24) is 10.1 Å². The number of nitrogens with zero attached hydrogens (tertiary/aromatic N) is 3. The summed E-state index contributed by atoms with van der Waals surface area (Å²) in [5.74, 6) is 0.353. The number of piperidine rings is 1. The van der Waals surface area contributed by atoms with E-state index in [9.17, 15) is 4.79 Å². The van der Waals surface area contributed by atoms with Gasteiger partial charge in [-0.1, -0.05) is 5.16 Å². The molecule has 132 valence electrons. The Morgan fingerprint density at radius 3 is 2.64 bits per heavy atom. The van der Waals surface area contributed by atoms with Gasteiger partial charge in [0.25, 0.3) is 5.91 Å². The van der Waals surface area contributed by atoms with Crippen molar-refractivity contribution in [2.75, 3.05) is 36.5 Å². The Balaban J connectivity index is 1.43. The van der Waals surface area contributed by atoms with E-state index in [1.54, 1.807) is 25.4 Å². The maximum atomic E-state index is 12.4. The number of rotatable bonds is 3. The monoisotopic (exact) mass is 344 g/mol. The Hall–Kier alpha value is -2.45. The van der Waals surface area contributed by atoms with Crippen LogP contribution in [0.1, 0.15) is 29.0 Å². The molecule has 0 aliphatic carbocycles. The third kappa shape index (κ3) is 3.35. The molecule has 2 saturated heterocycles. The van der Waals surface area contributed by atoms with Crippen molar-refractivity contribution in [3.8, 4) is 0 Å². The Bertz CT molecular complexity index is 760. The predicted molar refractivity (Wildman–Crippen MR) is 89.5 cm³/mol. The third-order valence-corrected chi connectivity index (χ3v) is 4.56. The molecule has 0 radical (unpaired) electrons. The first-order chi connectivity index (χ1) is 12.1. The van der Waals surface area contributed by atoms with Gasteiger partial charge in [-0.2, -0.15) is 0 Å². The minimum absolute atomic E-state index is 0.265. The number of ether oxygens (including phenoxy) is 2. The van der Waals surface area contributed by atoms with Crippen LogP contribution in [0.25, 0.3) is 0 Å². The van der Waals surface area contributed by atoms with Crippen LogP contribution in [0.2, 0.25) is 0 Å². The fourth-order valence-electron chi connectivity index (χ4n) is 3.23. The second kappa shape index (κ2) is 6.45. The summed E-state index contributed by atoms with van der Waals surface area (Å²) in [5, 5.41) is 6.48. The first-order valence-corrected chi connectivity index (χ1v) is 8.36. The highest BCUT2D eigenvalue weighted by Gasteiger charge is 2.39. The maximum Gasteiger partial charge on any atom is 0.258 e. The average Bonchev–Trinajstić information content (AvgIpc) is 3.25. The Morgan fingerprint density at radius 1 is 1.20 bits per heavy atom. The summed E-state index contributed by atoms with van der Waals surface area (Å²) in [6.07, 6.45) is 4.93. The number of nitrogens with one attached hydrogen (secondary N) is 1. The van der Waals surface area contributed by atoms with Gasteiger partial charge in [0.1, 0.15) is 5.76 Å². The van der Waals surface area contributed by atoms with E-state index < -0.39 is 5.79 Å². The van der Waals surface area contributed by atoms with Crippen LogP contribution in [-0.4, -0.2) is 48.1 Å². The summed E-state index contributed by atoms with van der Waals surface area (Å²) in [4.78, 5) is 18.8. The van der Waals surface area contributed by atoms with Crippen LogP contribution in [0.5, 0.6) is 0 Å². The maximum absolute atomic E-state index is 12.4. The molecule has 0 aromatic carbocycles. The lowest BCUT2D eigenvalue weighted by Gasteiger charge is -2.38. The topological polar surface area (TPSA) is 89.7 Å². The molecule has 2 aromatic heterocycles. The fourth-order valence-corrected chi connectivity index (χ4v) is 3.23. The number of aryl methyl sites for hydroxylation is 1. The molecule has 4 rings (SSSR count). The van der Waals surface area contributed by atoms with Crippen molar-refractivity contribution in [2.45, 2.75) is 25.6 Å². The Kier molecular flexibility index (Phi) is 4.14. The lowest BCUT2D eigenvalue weighted by atomic mass is 10.0. The highest BCUT2D eigenvalue weighted by atomic mass is 16.7. The summed E-state index contributed by atoms with van der Waals surface area (Å²) >= 11 is 0.